The van der Waals surface area contributed by atoms with Gasteiger partial charge in [0, 0.05) is 51.1 Å². The Morgan fingerprint density at radius 1 is 0.198 bits per heavy atom. The smallest absolute Gasteiger partial charge is 0.136 e. The number of nitrogens with zero attached hydrogens (tertiary/aromatic N) is 3. The van der Waals surface area contributed by atoms with Crippen molar-refractivity contribution in [1.29, 1.82) is 0 Å². The van der Waals surface area contributed by atoms with Crippen LogP contribution in [0.4, 0.5) is 17.1 Å². The zero-order valence-electron chi connectivity index (χ0n) is 65.9. The molecule has 121 heavy (non-hydrogen) atoms. The molecule has 0 saturated carbocycles. The van der Waals surface area contributed by atoms with Gasteiger partial charge in [0.25, 0.3) is 0 Å². The van der Waals surface area contributed by atoms with E-state index in [4.69, 9.17) is 14.4 Å². The van der Waals surface area contributed by atoms with E-state index in [1.165, 1.54) is 170 Å². The van der Waals surface area contributed by atoms with Crippen LogP contribution in [0.1, 0.15) is 22.3 Å². The van der Waals surface area contributed by atoms with Crippen LogP contribution in [-0.4, -0.2) is 9.97 Å². The van der Waals surface area contributed by atoms with Gasteiger partial charge in [-0.2, -0.15) is 0 Å². The number of pyridine rings is 2. The van der Waals surface area contributed by atoms with Crippen LogP contribution in [-0.2, 0) is 5.41 Å². The zero-order chi connectivity index (χ0) is 79.6. The Labute approximate surface area is 700 Å². The summed E-state index contributed by atoms with van der Waals surface area (Å²) in [5.74, 6) is 0. The van der Waals surface area contributed by atoms with Crippen LogP contribution in [0.2, 0.25) is 0 Å². The molecule has 0 radical (unpaired) electrons. The number of para-hydroxylation sites is 3. The first kappa shape index (κ1) is 69.4. The predicted octanol–water partition coefficient (Wildman–Crippen LogP) is 31.6. The number of rotatable bonds is 9. The molecule has 23 aromatic rings. The van der Waals surface area contributed by atoms with Crippen molar-refractivity contribution < 1.29 is 4.42 Å². The number of anilines is 3. The van der Waals surface area contributed by atoms with Gasteiger partial charge >= 0.3 is 0 Å². The van der Waals surface area contributed by atoms with Gasteiger partial charge in [-0.15, -0.1) is 0 Å². The number of hydrogen-bond donors (Lipinski definition) is 0. The number of fused-ring (bicyclic) bond motifs is 19. The van der Waals surface area contributed by atoms with E-state index < -0.39 is 5.41 Å². The second-order valence-corrected chi connectivity index (χ2v) is 32.1. The number of furan rings is 1. The first-order valence-corrected chi connectivity index (χ1v) is 41.6. The molecule has 0 saturated heterocycles. The average molecular weight is 1540 g/mol. The minimum Gasteiger partial charge on any atom is -0.456 e. The van der Waals surface area contributed by atoms with Crippen molar-refractivity contribution in [2.75, 3.05) is 4.90 Å². The molecule has 2 aliphatic rings. The molecule has 0 N–H and O–H groups in total. The third-order valence-corrected chi connectivity index (χ3v) is 25.6. The summed E-state index contributed by atoms with van der Waals surface area (Å²) in [6, 6.07) is 157. The quantitative estimate of drug-likeness (QED) is 0.135. The molecule has 4 heterocycles. The van der Waals surface area contributed by atoms with Gasteiger partial charge in [-0.3, -0.25) is 9.97 Å². The zero-order valence-corrected chi connectivity index (χ0v) is 65.9. The largest absolute Gasteiger partial charge is 0.456 e. The van der Waals surface area contributed by atoms with Gasteiger partial charge in [0.2, 0.25) is 0 Å². The molecule has 1 aliphatic carbocycles. The Morgan fingerprint density at radius 3 is 1.10 bits per heavy atom. The Kier molecular flexibility index (Phi) is 16.2. The minimum absolute atomic E-state index is 0.492. The molecular formula is C117H73N3O. The van der Waals surface area contributed by atoms with Crippen LogP contribution < -0.4 is 4.90 Å². The third kappa shape index (κ3) is 11.3. The summed E-state index contributed by atoms with van der Waals surface area (Å²) in [6.07, 6.45) is 4.09. The van der Waals surface area contributed by atoms with E-state index in [0.29, 0.717) is 0 Å². The molecule has 4 heteroatoms. The maximum Gasteiger partial charge on any atom is 0.136 e. The van der Waals surface area contributed by atoms with Gasteiger partial charge in [0.05, 0.1) is 28.2 Å². The predicted molar refractivity (Wildman–Crippen MR) is 507 cm³/mol. The summed E-state index contributed by atoms with van der Waals surface area (Å²) >= 11 is 0. The second-order valence-electron chi connectivity index (χ2n) is 32.1. The lowest BCUT2D eigenvalue weighted by Crippen LogP contribution is -2.36. The fourth-order valence-corrected chi connectivity index (χ4v) is 20.1. The normalized spacial score (nSPS) is 12.5. The van der Waals surface area contributed by atoms with Gasteiger partial charge in [-0.05, 0) is 243 Å². The van der Waals surface area contributed by atoms with E-state index in [0.717, 1.165) is 66.8 Å². The van der Waals surface area contributed by atoms with E-state index in [2.05, 4.69) is 442 Å². The van der Waals surface area contributed by atoms with Crippen molar-refractivity contribution in [1.82, 2.24) is 9.97 Å². The molecule has 1 aliphatic heterocycles. The SMILES string of the molecule is c1ccc(N2c3ccccc3C3(c4ccccc4-c4cc(-c5ccc(-c6c7ccccc7c(-c7ccc(-c8ccc9ccccc9c8)cc7)c7ccccc67)cn5)ccc43)c3ccccc32)cc1.c1ccc2cc(-c3ccc(-c4c5ccccc5c(-c5ccc(-c6ccc7oc8cc9ccccc9cc8c7c6)cn5)c5ccccc45)cc3)ccc2c1. The van der Waals surface area contributed by atoms with Crippen molar-refractivity contribution in [3.8, 4) is 100 Å². The van der Waals surface area contributed by atoms with Crippen LogP contribution in [0, 0.1) is 0 Å². The maximum absolute atomic E-state index is 6.28. The Bertz CT molecular complexity index is 7960. The van der Waals surface area contributed by atoms with Crippen LogP contribution in [0.15, 0.2) is 448 Å². The van der Waals surface area contributed by atoms with Gasteiger partial charge in [-0.1, -0.05) is 352 Å². The highest BCUT2D eigenvalue weighted by Crippen LogP contribution is 2.64. The van der Waals surface area contributed by atoms with Gasteiger partial charge in [0.15, 0.2) is 0 Å². The molecule has 4 nitrogen and oxygen atoms in total. The second kappa shape index (κ2) is 28.2. The van der Waals surface area contributed by atoms with Crippen LogP contribution in [0.3, 0.4) is 0 Å². The van der Waals surface area contributed by atoms with Crippen LogP contribution >= 0.6 is 0 Å². The van der Waals surface area contributed by atoms with Crippen molar-refractivity contribution in [3.05, 3.63) is 465 Å². The summed E-state index contributed by atoms with van der Waals surface area (Å²) in [4.78, 5) is 12.8. The molecule has 3 aromatic heterocycles. The highest BCUT2D eigenvalue weighted by molar-refractivity contribution is 6.23. The Hall–Kier alpha value is -15.9. The molecular weight excluding hydrogens is 1460 g/mol. The molecule has 0 fully saturated rings. The van der Waals surface area contributed by atoms with Crippen molar-refractivity contribution in [2.45, 2.75) is 5.41 Å². The molecule has 0 bridgehead atoms. The fraction of sp³-hybridized carbons (Fsp3) is 0.00855. The highest BCUT2D eigenvalue weighted by atomic mass is 16.3. The minimum atomic E-state index is -0.492. The fourth-order valence-electron chi connectivity index (χ4n) is 20.1. The lowest BCUT2D eigenvalue weighted by Gasteiger charge is -2.45. The maximum atomic E-state index is 6.28. The van der Waals surface area contributed by atoms with E-state index in [9.17, 15) is 0 Å². The topological polar surface area (TPSA) is 42.2 Å². The van der Waals surface area contributed by atoms with Crippen LogP contribution in [0.5, 0.6) is 0 Å². The number of aromatic nitrogens is 2. The molecule has 0 unspecified atom stereocenters. The third-order valence-electron chi connectivity index (χ3n) is 25.6. The van der Waals surface area contributed by atoms with Gasteiger partial charge in [0.1, 0.15) is 11.2 Å². The summed E-state index contributed by atoms with van der Waals surface area (Å²) < 4.78 is 6.28. The molecule has 0 atom stereocenters. The molecule has 25 rings (SSSR count). The Morgan fingerprint density at radius 2 is 0.570 bits per heavy atom. The van der Waals surface area contributed by atoms with E-state index in [1.54, 1.807) is 0 Å². The average Bonchev–Trinajstić information content (AvgIpc) is 1.52. The monoisotopic (exact) mass is 1540 g/mol. The summed E-state index contributed by atoms with van der Waals surface area (Å²) in [5, 5.41) is 19.4. The molecule has 1 spiro atoms. The van der Waals surface area contributed by atoms with Gasteiger partial charge < -0.3 is 9.32 Å². The summed E-state index contributed by atoms with van der Waals surface area (Å²) in [7, 11) is 0. The first-order chi connectivity index (χ1) is 60.0. The van der Waals surface area contributed by atoms with Crippen molar-refractivity contribution >= 4 is 114 Å². The first-order valence-electron chi connectivity index (χ1n) is 41.6. The van der Waals surface area contributed by atoms with Gasteiger partial charge in [-0.25, -0.2) is 0 Å². The highest BCUT2D eigenvalue weighted by Gasteiger charge is 2.52. The van der Waals surface area contributed by atoms with E-state index in [-0.39, 0.29) is 0 Å². The molecule has 20 aromatic carbocycles. The van der Waals surface area contributed by atoms with Crippen molar-refractivity contribution in [3.63, 3.8) is 0 Å². The Balaban J connectivity index is 0.000000141. The standard InChI is InChI=1S/C66H42N2.C51H31NO/c1-2-18-50(19-3-1)68-62-28-14-12-26-59(62)66(60-27-13-15-29-63(60)68)57-25-11-10-20-51(57)56-41-48(36-38-58(56)66)61-39-37-49(42-67-61)65-54-23-8-6-21-52(54)64(53-22-7-9-24-55(53)65)45-33-30-44(31-34-45)47-35-32-43-16-4-5-17-46(43)40-47;1-2-10-35-27-38(22-19-32(35)9-1)33-17-20-34(21-18-33)50-41-13-5-7-15-43(41)51(44-16-8-6-14-42(44)50)47-25-23-40(31-52-47)39-24-26-48-45(29-39)46-28-36-11-3-4-12-37(36)30-49(46)53-48/h1-42H;1-31H. The lowest BCUT2D eigenvalue weighted by molar-refractivity contribution is 0.669. The molecule has 0 amide bonds. The number of hydrogen-bond acceptors (Lipinski definition) is 4. The summed E-state index contributed by atoms with van der Waals surface area (Å²) in [5.41, 5.74) is 31.0. The summed E-state index contributed by atoms with van der Waals surface area (Å²) in [6.45, 7) is 0. The van der Waals surface area contributed by atoms with E-state index in [1.807, 2.05) is 6.20 Å². The lowest BCUT2D eigenvalue weighted by atomic mass is 9.64. The number of benzene rings is 20. The molecule has 562 valence electrons. The van der Waals surface area contributed by atoms with E-state index >= 15 is 0 Å². The van der Waals surface area contributed by atoms with Crippen LogP contribution in [0.25, 0.3) is 198 Å². The van der Waals surface area contributed by atoms with Crippen molar-refractivity contribution in [2.24, 2.45) is 0 Å².